The molecule has 2 rings (SSSR count). The molecule has 0 aliphatic carbocycles. The van der Waals surface area contributed by atoms with E-state index in [1.807, 2.05) is 4.90 Å². The van der Waals surface area contributed by atoms with Crippen LogP contribution in [0.5, 0.6) is 0 Å². The average Bonchev–Trinajstić information content (AvgIpc) is 2.72. The van der Waals surface area contributed by atoms with Gasteiger partial charge < -0.3 is 9.64 Å². The summed E-state index contributed by atoms with van der Waals surface area (Å²) in [6.45, 7) is 7.49. The van der Waals surface area contributed by atoms with Gasteiger partial charge in [-0.2, -0.15) is 0 Å². The summed E-state index contributed by atoms with van der Waals surface area (Å²) in [6, 6.07) is 1.91. The van der Waals surface area contributed by atoms with Gasteiger partial charge in [0, 0.05) is 24.7 Å². The van der Waals surface area contributed by atoms with Crippen molar-refractivity contribution in [2.24, 2.45) is 0 Å². The summed E-state index contributed by atoms with van der Waals surface area (Å²) < 4.78 is 4.80. The molecule has 0 N–H and O–H groups in total. The van der Waals surface area contributed by atoms with Crippen molar-refractivity contribution in [3.05, 3.63) is 0 Å². The van der Waals surface area contributed by atoms with Crippen molar-refractivity contribution in [3.8, 4) is 0 Å². The average molecular weight is 212 g/mol. The maximum atomic E-state index is 11.5. The summed E-state index contributed by atoms with van der Waals surface area (Å²) in [6.07, 6.45) is 0.937. The summed E-state index contributed by atoms with van der Waals surface area (Å²) in [4.78, 5) is 15.9. The van der Waals surface area contributed by atoms with Gasteiger partial charge in [0.1, 0.15) is 0 Å². The van der Waals surface area contributed by atoms with E-state index in [4.69, 9.17) is 4.74 Å². The fourth-order valence-corrected chi connectivity index (χ4v) is 3.27. The topological polar surface area (TPSA) is 32.8 Å². The lowest BCUT2D eigenvalue weighted by atomic mass is 10.1. The van der Waals surface area contributed by atoms with Crippen LogP contribution in [-0.2, 0) is 4.74 Å². The van der Waals surface area contributed by atoms with Crippen molar-refractivity contribution in [1.29, 1.82) is 0 Å². The molecule has 15 heavy (non-hydrogen) atoms. The van der Waals surface area contributed by atoms with E-state index in [2.05, 4.69) is 25.7 Å². The highest BCUT2D eigenvalue weighted by molar-refractivity contribution is 5.68. The van der Waals surface area contributed by atoms with E-state index in [1.165, 1.54) is 7.11 Å². The third kappa shape index (κ3) is 1.51. The van der Waals surface area contributed by atoms with Gasteiger partial charge in [0.15, 0.2) is 0 Å². The fraction of sp³-hybridized carbons (Fsp3) is 0.909. The fourth-order valence-electron chi connectivity index (χ4n) is 3.27. The molecule has 2 saturated heterocycles. The summed E-state index contributed by atoms with van der Waals surface area (Å²) in [7, 11) is 1.46. The van der Waals surface area contributed by atoms with Crippen molar-refractivity contribution in [2.75, 3.05) is 13.7 Å². The Kier molecular flexibility index (Phi) is 2.63. The van der Waals surface area contributed by atoms with Gasteiger partial charge in [0.2, 0.25) is 0 Å². The molecule has 4 heteroatoms. The zero-order valence-electron chi connectivity index (χ0n) is 9.93. The number of piperazine rings is 1. The highest BCUT2D eigenvalue weighted by Crippen LogP contribution is 2.37. The molecule has 3 atom stereocenters. The number of carbonyl (C=O) groups is 1. The molecule has 0 aromatic heterocycles. The number of hydrogen-bond donors (Lipinski definition) is 0. The molecule has 0 aromatic carbocycles. The van der Waals surface area contributed by atoms with Crippen LogP contribution in [0.2, 0.25) is 0 Å². The Morgan fingerprint density at radius 1 is 1.47 bits per heavy atom. The van der Waals surface area contributed by atoms with Gasteiger partial charge in [0.05, 0.1) is 13.2 Å². The maximum Gasteiger partial charge on any atom is 0.409 e. The summed E-state index contributed by atoms with van der Waals surface area (Å²) >= 11 is 0. The molecule has 0 spiro atoms. The van der Waals surface area contributed by atoms with E-state index >= 15 is 0 Å². The number of rotatable bonds is 1. The molecular formula is C11H20N2O2. The van der Waals surface area contributed by atoms with Crippen LogP contribution in [0.4, 0.5) is 4.79 Å². The lowest BCUT2D eigenvalue weighted by molar-refractivity contribution is 0.0477. The molecule has 86 valence electrons. The second-order valence-electron chi connectivity index (χ2n) is 4.86. The lowest BCUT2D eigenvalue weighted by Crippen LogP contribution is -2.55. The van der Waals surface area contributed by atoms with Crippen LogP contribution in [0.3, 0.4) is 0 Å². The first-order valence-electron chi connectivity index (χ1n) is 5.68. The van der Waals surface area contributed by atoms with Gasteiger partial charge in [-0.05, 0) is 27.2 Å². The van der Waals surface area contributed by atoms with Gasteiger partial charge in [-0.25, -0.2) is 4.79 Å². The third-order valence-electron chi connectivity index (χ3n) is 3.78. The van der Waals surface area contributed by atoms with Crippen molar-refractivity contribution in [1.82, 2.24) is 9.80 Å². The van der Waals surface area contributed by atoms with Gasteiger partial charge in [-0.15, -0.1) is 0 Å². The molecule has 0 aromatic rings. The molecule has 2 fully saturated rings. The van der Waals surface area contributed by atoms with E-state index in [-0.39, 0.29) is 6.09 Å². The van der Waals surface area contributed by atoms with E-state index in [0.29, 0.717) is 24.2 Å². The summed E-state index contributed by atoms with van der Waals surface area (Å²) in [5.41, 5.74) is 0. The Morgan fingerprint density at radius 2 is 2.13 bits per heavy atom. The SMILES string of the molecule is COC(=O)N1CC2CC1[C@@H](C)N2C(C)C. The van der Waals surface area contributed by atoms with Gasteiger partial charge in [-0.1, -0.05) is 0 Å². The molecule has 2 heterocycles. The van der Waals surface area contributed by atoms with Crippen LogP contribution in [0.1, 0.15) is 27.2 Å². The number of hydrogen-bond acceptors (Lipinski definition) is 3. The first-order valence-corrected chi connectivity index (χ1v) is 5.68. The largest absolute Gasteiger partial charge is 0.453 e. The Bertz CT molecular complexity index is 265. The molecule has 2 aliphatic heterocycles. The summed E-state index contributed by atoms with van der Waals surface area (Å²) in [5.74, 6) is 0. The Labute approximate surface area is 91.2 Å². The molecular weight excluding hydrogens is 192 g/mol. The van der Waals surface area contributed by atoms with Crippen LogP contribution < -0.4 is 0 Å². The Morgan fingerprint density at radius 3 is 2.60 bits per heavy atom. The first-order chi connectivity index (χ1) is 7.06. The normalized spacial score (nSPS) is 35.3. The molecule has 1 amide bonds. The zero-order valence-corrected chi connectivity index (χ0v) is 9.93. The van der Waals surface area contributed by atoms with Crippen LogP contribution in [0.25, 0.3) is 0 Å². The monoisotopic (exact) mass is 212 g/mol. The first kappa shape index (κ1) is 10.7. The number of nitrogens with zero attached hydrogens (tertiary/aromatic N) is 2. The zero-order chi connectivity index (χ0) is 11.2. The number of fused-ring (bicyclic) bond motifs is 2. The van der Waals surface area contributed by atoms with Crippen LogP contribution in [0.15, 0.2) is 0 Å². The number of methoxy groups -OCH3 is 1. The standard InChI is InChI=1S/C11H20N2O2/c1-7(2)13-8(3)10-5-9(13)6-12(10)11(14)15-4/h7-10H,5-6H2,1-4H3/t8-,9?,10?/m1/s1. The van der Waals surface area contributed by atoms with Crippen LogP contribution in [0, 0.1) is 0 Å². The Balaban J connectivity index is 2.10. The maximum absolute atomic E-state index is 11.5. The molecule has 0 radical (unpaired) electrons. The van der Waals surface area contributed by atoms with E-state index in [0.717, 1.165) is 13.0 Å². The third-order valence-corrected chi connectivity index (χ3v) is 3.78. The number of ether oxygens (including phenoxy) is 1. The minimum atomic E-state index is -0.169. The summed E-state index contributed by atoms with van der Waals surface area (Å²) in [5, 5.41) is 0. The van der Waals surface area contributed by atoms with E-state index < -0.39 is 0 Å². The minimum Gasteiger partial charge on any atom is -0.453 e. The second kappa shape index (κ2) is 3.67. The van der Waals surface area contributed by atoms with Gasteiger partial charge in [-0.3, -0.25) is 4.90 Å². The second-order valence-corrected chi connectivity index (χ2v) is 4.86. The quantitative estimate of drug-likeness (QED) is 0.657. The molecule has 2 unspecified atom stereocenters. The molecule has 0 saturated carbocycles. The van der Waals surface area contributed by atoms with Crippen molar-refractivity contribution in [3.63, 3.8) is 0 Å². The predicted octanol–water partition coefficient (Wildman–Crippen LogP) is 1.31. The van der Waals surface area contributed by atoms with Crippen LogP contribution >= 0.6 is 0 Å². The van der Waals surface area contributed by atoms with Gasteiger partial charge >= 0.3 is 6.09 Å². The number of amides is 1. The highest BCUT2D eigenvalue weighted by Gasteiger charge is 2.50. The van der Waals surface area contributed by atoms with Gasteiger partial charge in [0.25, 0.3) is 0 Å². The van der Waals surface area contributed by atoms with Crippen LogP contribution in [-0.4, -0.2) is 53.7 Å². The van der Waals surface area contributed by atoms with Crippen molar-refractivity contribution >= 4 is 6.09 Å². The molecule has 4 nitrogen and oxygen atoms in total. The minimum absolute atomic E-state index is 0.169. The van der Waals surface area contributed by atoms with Crippen molar-refractivity contribution < 1.29 is 9.53 Å². The number of carbonyl (C=O) groups excluding carboxylic acids is 1. The van der Waals surface area contributed by atoms with Crippen molar-refractivity contribution in [2.45, 2.75) is 51.4 Å². The van der Waals surface area contributed by atoms with E-state index in [1.54, 1.807) is 0 Å². The molecule has 2 aliphatic rings. The Hall–Kier alpha value is -0.770. The number of likely N-dealkylation sites (tertiary alicyclic amines) is 2. The highest BCUT2D eigenvalue weighted by atomic mass is 16.5. The lowest BCUT2D eigenvalue weighted by Gasteiger charge is -2.40. The smallest absolute Gasteiger partial charge is 0.409 e. The predicted molar refractivity (Wildman–Crippen MR) is 57.7 cm³/mol. The molecule has 2 bridgehead atoms. The van der Waals surface area contributed by atoms with E-state index in [9.17, 15) is 4.79 Å².